The van der Waals surface area contributed by atoms with E-state index in [0.717, 1.165) is 30.2 Å². The van der Waals surface area contributed by atoms with Gasteiger partial charge in [-0.1, -0.05) is 49.7 Å². The van der Waals surface area contributed by atoms with Crippen LogP contribution in [0, 0.1) is 0 Å². The molecule has 0 radical (unpaired) electrons. The fraction of sp³-hybridized carbons (Fsp3) is 0.375. The van der Waals surface area contributed by atoms with E-state index < -0.39 is 12.2 Å². The summed E-state index contributed by atoms with van der Waals surface area (Å²) in [6.45, 7) is 2.09. The standard InChI is InChI=1S/C16H18F3N/c1-2-3-5-11-8-9-12-6-4-7-13(14(12)10-11)15(20)16(17,18)19/h4,6-10,15H,2-3,5,20H2,1H3/t15-/m0/s1. The normalized spacial score (nSPS) is 13.7. The Hall–Kier alpha value is -1.55. The highest BCUT2D eigenvalue weighted by Crippen LogP contribution is 2.34. The van der Waals surface area contributed by atoms with Crippen LogP contribution in [-0.4, -0.2) is 6.18 Å². The minimum atomic E-state index is -4.42. The highest BCUT2D eigenvalue weighted by molar-refractivity contribution is 5.86. The lowest BCUT2D eigenvalue weighted by Gasteiger charge is -2.18. The first-order valence-electron chi connectivity index (χ1n) is 6.77. The first kappa shape index (κ1) is 14.9. The Morgan fingerprint density at radius 2 is 1.90 bits per heavy atom. The van der Waals surface area contributed by atoms with Gasteiger partial charge in [-0.2, -0.15) is 13.2 Å². The van der Waals surface area contributed by atoms with Crippen LogP contribution in [-0.2, 0) is 6.42 Å². The van der Waals surface area contributed by atoms with Crippen molar-refractivity contribution in [1.82, 2.24) is 0 Å². The molecular weight excluding hydrogens is 263 g/mol. The van der Waals surface area contributed by atoms with Gasteiger partial charge < -0.3 is 5.73 Å². The van der Waals surface area contributed by atoms with Crippen LogP contribution in [0.3, 0.4) is 0 Å². The van der Waals surface area contributed by atoms with E-state index in [1.807, 2.05) is 24.3 Å². The molecule has 2 N–H and O–H groups in total. The molecule has 0 fully saturated rings. The summed E-state index contributed by atoms with van der Waals surface area (Å²) < 4.78 is 38.5. The van der Waals surface area contributed by atoms with Crippen LogP contribution in [0.5, 0.6) is 0 Å². The summed E-state index contributed by atoms with van der Waals surface area (Å²) in [5, 5.41) is 1.40. The van der Waals surface area contributed by atoms with Gasteiger partial charge in [-0.15, -0.1) is 0 Å². The van der Waals surface area contributed by atoms with Crippen molar-refractivity contribution in [3.8, 4) is 0 Å². The second kappa shape index (κ2) is 5.83. The SMILES string of the molecule is CCCCc1ccc2cccc([C@H](N)C(F)(F)F)c2c1. The Kier molecular flexibility index (Phi) is 4.33. The summed E-state index contributed by atoms with van der Waals surface area (Å²) in [4.78, 5) is 0. The zero-order chi connectivity index (χ0) is 14.8. The predicted octanol–water partition coefficient (Wildman–Crippen LogP) is 4.74. The van der Waals surface area contributed by atoms with E-state index in [1.165, 1.54) is 6.07 Å². The molecule has 0 bridgehead atoms. The van der Waals surface area contributed by atoms with Crippen molar-refractivity contribution in [3.05, 3.63) is 47.5 Å². The molecule has 0 saturated carbocycles. The number of halogens is 3. The Morgan fingerprint density at radius 1 is 1.15 bits per heavy atom. The van der Waals surface area contributed by atoms with Gasteiger partial charge in [0.2, 0.25) is 0 Å². The molecule has 0 aliphatic heterocycles. The van der Waals surface area contributed by atoms with E-state index in [0.29, 0.717) is 5.39 Å². The average Bonchev–Trinajstić information content (AvgIpc) is 2.42. The molecule has 108 valence electrons. The fourth-order valence-corrected chi connectivity index (χ4v) is 2.33. The Bertz CT molecular complexity index is 590. The minimum Gasteiger partial charge on any atom is -0.316 e. The van der Waals surface area contributed by atoms with Crippen LogP contribution in [0.2, 0.25) is 0 Å². The molecule has 0 unspecified atom stereocenters. The van der Waals surface area contributed by atoms with Crippen LogP contribution < -0.4 is 5.73 Å². The lowest BCUT2D eigenvalue weighted by atomic mass is 9.96. The first-order valence-corrected chi connectivity index (χ1v) is 6.77. The third-order valence-corrected chi connectivity index (χ3v) is 3.49. The van der Waals surface area contributed by atoms with Gasteiger partial charge >= 0.3 is 6.18 Å². The predicted molar refractivity (Wildman–Crippen MR) is 75.5 cm³/mol. The summed E-state index contributed by atoms with van der Waals surface area (Å²) in [7, 11) is 0. The Balaban J connectivity index is 2.48. The average molecular weight is 281 g/mol. The molecule has 0 saturated heterocycles. The number of nitrogens with two attached hydrogens (primary N) is 1. The zero-order valence-corrected chi connectivity index (χ0v) is 11.4. The minimum absolute atomic E-state index is 0.147. The van der Waals surface area contributed by atoms with Crippen molar-refractivity contribution in [1.29, 1.82) is 0 Å². The van der Waals surface area contributed by atoms with Gasteiger partial charge in [0.15, 0.2) is 0 Å². The molecule has 20 heavy (non-hydrogen) atoms. The Morgan fingerprint density at radius 3 is 2.55 bits per heavy atom. The number of hydrogen-bond donors (Lipinski definition) is 1. The summed E-state index contributed by atoms with van der Waals surface area (Å²) in [5.74, 6) is 0. The third kappa shape index (κ3) is 3.12. The highest BCUT2D eigenvalue weighted by atomic mass is 19.4. The van der Waals surface area contributed by atoms with Crippen molar-refractivity contribution >= 4 is 10.8 Å². The number of benzene rings is 2. The van der Waals surface area contributed by atoms with E-state index in [4.69, 9.17) is 5.73 Å². The summed E-state index contributed by atoms with van der Waals surface area (Å²) in [6.07, 6.45) is -1.46. The van der Waals surface area contributed by atoms with E-state index >= 15 is 0 Å². The molecule has 0 spiro atoms. The van der Waals surface area contributed by atoms with Crippen molar-refractivity contribution in [2.24, 2.45) is 5.73 Å². The molecule has 4 heteroatoms. The van der Waals surface area contributed by atoms with E-state index in [2.05, 4.69) is 6.92 Å². The molecule has 2 aromatic rings. The second-order valence-corrected chi connectivity index (χ2v) is 5.03. The second-order valence-electron chi connectivity index (χ2n) is 5.03. The van der Waals surface area contributed by atoms with Crippen molar-refractivity contribution < 1.29 is 13.2 Å². The molecule has 2 rings (SSSR count). The molecular formula is C16H18F3N. The number of fused-ring (bicyclic) bond motifs is 1. The van der Waals surface area contributed by atoms with E-state index in [1.54, 1.807) is 6.07 Å². The van der Waals surface area contributed by atoms with Crippen LogP contribution in [0.15, 0.2) is 36.4 Å². The quantitative estimate of drug-likeness (QED) is 0.860. The topological polar surface area (TPSA) is 26.0 Å². The highest BCUT2D eigenvalue weighted by Gasteiger charge is 2.38. The van der Waals surface area contributed by atoms with Crippen LogP contribution in [0.25, 0.3) is 10.8 Å². The zero-order valence-electron chi connectivity index (χ0n) is 11.4. The number of aryl methyl sites for hydroxylation is 1. The van der Waals surface area contributed by atoms with Gasteiger partial charge in [0.1, 0.15) is 6.04 Å². The van der Waals surface area contributed by atoms with Crippen molar-refractivity contribution in [3.63, 3.8) is 0 Å². The first-order chi connectivity index (χ1) is 9.43. The van der Waals surface area contributed by atoms with Crippen LogP contribution in [0.1, 0.15) is 36.9 Å². The molecule has 0 aliphatic rings. The summed E-state index contributed by atoms with van der Waals surface area (Å²) >= 11 is 0. The molecule has 1 atom stereocenters. The molecule has 0 aromatic heterocycles. The third-order valence-electron chi connectivity index (χ3n) is 3.49. The molecule has 0 aliphatic carbocycles. The maximum absolute atomic E-state index is 12.8. The number of alkyl halides is 3. The van der Waals surface area contributed by atoms with Gasteiger partial charge in [0, 0.05) is 0 Å². The molecule has 0 heterocycles. The maximum atomic E-state index is 12.8. The summed E-state index contributed by atoms with van der Waals surface area (Å²) in [5.41, 5.74) is 6.57. The number of unbranched alkanes of at least 4 members (excludes halogenated alkanes) is 1. The lowest BCUT2D eigenvalue weighted by Crippen LogP contribution is -2.28. The Labute approximate surface area is 116 Å². The van der Waals surface area contributed by atoms with Gasteiger partial charge in [0.05, 0.1) is 0 Å². The van der Waals surface area contributed by atoms with E-state index in [9.17, 15) is 13.2 Å². The number of hydrogen-bond acceptors (Lipinski definition) is 1. The van der Waals surface area contributed by atoms with Crippen LogP contribution in [0.4, 0.5) is 13.2 Å². The van der Waals surface area contributed by atoms with Crippen molar-refractivity contribution in [2.75, 3.05) is 0 Å². The van der Waals surface area contributed by atoms with Crippen molar-refractivity contribution in [2.45, 2.75) is 38.4 Å². The monoisotopic (exact) mass is 281 g/mol. The smallest absolute Gasteiger partial charge is 0.316 e. The number of rotatable bonds is 4. The van der Waals surface area contributed by atoms with Gasteiger partial charge in [-0.3, -0.25) is 0 Å². The lowest BCUT2D eigenvalue weighted by molar-refractivity contribution is -0.148. The van der Waals surface area contributed by atoms with Crippen LogP contribution >= 0.6 is 0 Å². The molecule has 1 nitrogen and oxygen atoms in total. The maximum Gasteiger partial charge on any atom is 0.407 e. The molecule has 0 amide bonds. The van der Waals surface area contributed by atoms with Gasteiger partial charge in [0.25, 0.3) is 0 Å². The van der Waals surface area contributed by atoms with Gasteiger partial charge in [-0.25, -0.2) is 0 Å². The molecule has 2 aromatic carbocycles. The summed E-state index contributed by atoms with van der Waals surface area (Å²) in [6, 6.07) is 8.64. The van der Waals surface area contributed by atoms with Gasteiger partial charge in [-0.05, 0) is 34.7 Å². The largest absolute Gasteiger partial charge is 0.407 e. The fourth-order valence-electron chi connectivity index (χ4n) is 2.33. The van der Waals surface area contributed by atoms with E-state index in [-0.39, 0.29) is 5.56 Å².